The minimum Gasteiger partial charge on any atom is -0.382 e. The number of morpholine rings is 1. The van der Waals surface area contributed by atoms with Crippen LogP contribution in [0.15, 0.2) is 30.6 Å². The first-order valence-corrected chi connectivity index (χ1v) is 8.02. The summed E-state index contributed by atoms with van der Waals surface area (Å²) in [5.74, 6) is -0.925. The van der Waals surface area contributed by atoms with Gasteiger partial charge >= 0.3 is 0 Å². The van der Waals surface area contributed by atoms with Gasteiger partial charge in [0, 0.05) is 31.2 Å². The molecule has 3 rings (SSSR count). The van der Waals surface area contributed by atoms with E-state index >= 15 is 0 Å². The molecule has 1 aliphatic heterocycles. The van der Waals surface area contributed by atoms with E-state index in [9.17, 15) is 9.18 Å². The van der Waals surface area contributed by atoms with Crippen LogP contribution in [-0.2, 0) is 4.74 Å². The topological polar surface area (TPSA) is 93.4 Å². The highest BCUT2D eigenvalue weighted by Crippen LogP contribution is 2.26. The molecule has 0 bridgehead atoms. The van der Waals surface area contributed by atoms with Crippen LogP contribution in [0.5, 0.6) is 0 Å². The van der Waals surface area contributed by atoms with Crippen molar-refractivity contribution in [2.75, 3.05) is 29.0 Å². The third-order valence-electron chi connectivity index (χ3n) is 3.91. The molecular weight excluding hydrogens is 325 g/mol. The molecule has 1 amide bonds. The fraction of sp³-hybridized carbons (Fsp3) is 0.353. The van der Waals surface area contributed by atoms with Crippen LogP contribution in [0.2, 0.25) is 0 Å². The fourth-order valence-electron chi connectivity index (χ4n) is 2.93. The molecule has 1 saturated heterocycles. The van der Waals surface area contributed by atoms with Crippen molar-refractivity contribution < 1.29 is 13.9 Å². The van der Waals surface area contributed by atoms with Gasteiger partial charge in [-0.3, -0.25) is 4.79 Å². The summed E-state index contributed by atoms with van der Waals surface area (Å²) in [6.45, 7) is 5.15. The lowest BCUT2D eigenvalue weighted by Gasteiger charge is -2.37. The molecule has 132 valence electrons. The number of nitrogen functional groups attached to an aromatic ring is 1. The van der Waals surface area contributed by atoms with Gasteiger partial charge in [-0.15, -0.1) is 0 Å². The molecule has 3 N–H and O–H groups in total. The van der Waals surface area contributed by atoms with Gasteiger partial charge in [-0.2, -0.15) is 0 Å². The third kappa shape index (κ3) is 3.85. The predicted octanol–water partition coefficient (Wildman–Crippen LogP) is 2.06. The van der Waals surface area contributed by atoms with Crippen LogP contribution in [0.25, 0.3) is 0 Å². The monoisotopic (exact) mass is 345 g/mol. The molecule has 7 nitrogen and oxygen atoms in total. The molecule has 0 aliphatic carbocycles. The van der Waals surface area contributed by atoms with Gasteiger partial charge in [0.25, 0.3) is 5.91 Å². The summed E-state index contributed by atoms with van der Waals surface area (Å²) in [4.78, 5) is 21.8. The molecule has 0 spiro atoms. The van der Waals surface area contributed by atoms with Gasteiger partial charge in [0.15, 0.2) is 11.5 Å². The number of nitrogens with zero attached hydrogens (tertiary/aromatic N) is 3. The van der Waals surface area contributed by atoms with Gasteiger partial charge < -0.3 is 20.7 Å². The first-order chi connectivity index (χ1) is 11.9. The van der Waals surface area contributed by atoms with Crippen molar-refractivity contribution >= 4 is 23.1 Å². The molecule has 1 aliphatic rings. The SMILES string of the molecule is C[C@@H]1CN(c2ccc(NC(=O)c3nccnc3N)cc2F)C[C@@H](C)O1. The second kappa shape index (κ2) is 7.02. The van der Waals surface area contributed by atoms with E-state index in [2.05, 4.69) is 15.3 Å². The highest BCUT2D eigenvalue weighted by Gasteiger charge is 2.24. The normalized spacial score (nSPS) is 20.4. The Kier molecular flexibility index (Phi) is 4.80. The van der Waals surface area contributed by atoms with Gasteiger partial charge in [0.1, 0.15) is 5.82 Å². The first kappa shape index (κ1) is 17.1. The molecule has 0 unspecified atom stereocenters. The zero-order chi connectivity index (χ0) is 18.0. The van der Waals surface area contributed by atoms with Crippen LogP contribution in [0, 0.1) is 5.82 Å². The lowest BCUT2D eigenvalue weighted by atomic mass is 10.2. The smallest absolute Gasteiger partial charge is 0.278 e. The number of nitrogens with one attached hydrogen (secondary N) is 1. The van der Waals surface area contributed by atoms with Gasteiger partial charge in [-0.1, -0.05) is 0 Å². The average Bonchev–Trinajstić information content (AvgIpc) is 2.54. The summed E-state index contributed by atoms with van der Waals surface area (Å²) in [7, 11) is 0. The molecule has 2 aromatic rings. The number of ether oxygens (including phenoxy) is 1. The number of carbonyl (C=O) groups is 1. The van der Waals surface area contributed by atoms with E-state index in [0.717, 1.165) is 0 Å². The van der Waals surface area contributed by atoms with Crippen LogP contribution in [-0.4, -0.2) is 41.2 Å². The molecule has 1 fully saturated rings. The Balaban J connectivity index is 1.76. The average molecular weight is 345 g/mol. The van der Waals surface area contributed by atoms with Gasteiger partial charge in [-0.25, -0.2) is 14.4 Å². The number of carbonyl (C=O) groups excluding carboxylic acids is 1. The minimum atomic E-state index is -0.536. The van der Waals surface area contributed by atoms with Gasteiger partial charge in [-0.05, 0) is 32.0 Å². The van der Waals surface area contributed by atoms with E-state index in [1.54, 1.807) is 12.1 Å². The summed E-state index contributed by atoms with van der Waals surface area (Å²) in [5.41, 5.74) is 6.44. The maximum atomic E-state index is 14.5. The van der Waals surface area contributed by atoms with Gasteiger partial charge in [0.2, 0.25) is 0 Å². The number of anilines is 3. The fourth-order valence-corrected chi connectivity index (χ4v) is 2.93. The van der Waals surface area contributed by atoms with Crippen molar-refractivity contribution in [3.63, 3.8) is 0 Å². The maximum absolute atomic E-state index is 14.5. The van der Waals surface area contributed by atoms with Crippen LogP contribution < -0.4 is 16.0 Å². The molecule has 2 atom stereocenters. The molecule has 0 saturated carbocycles. The Morgan fingerprint density at radius 1 is 1.28 bits per heavy atom. The Bertz CT molecular complexity index is 775. The number of rotatable bonds is 3. The van der Waals surface area contributed by atoms with E-state index in [-0.39, 0.29) is 23.7 Å². The second-order valence-corrected chi connectivity index (χ2v) is 6.07. The minimum absolute atomic E-state index is 0.00261. The van der Waals surface area contributed by atoms with E-state index < -0.39 is 11.7 Å². The van der Waals surface area contributed by atoms with Gasteiger partial charge in [0.05, 0.1) is 17.9 Å². The summed E-state index contributed by atoms with van der Waals surface area (Å²) >= 11 is 0. The van der Waals surface area contributed by atoms with Crippen LogP contribution in [0.3, 0.4) is 0 Å². The first-order valence-electron chi connectivity index (χ1n) is 8.02. The third-order valence-corrected chi connectivity index (χ3v) is 3.91. The summed E-state index contributed by atoms with van der Waals surface area (Å²) in [6.07, 6.45) is 2.82. The number of hydrogen-bond acceptors (Lipinski definition) is 6. The Hall–Kier alpha value is -2.74. The number of nitrogens with two attached hydrogens (primary N) is 1. The molecule has 25 heavy (non-hydrogen) atoms. The Morgan fingerprint density at radius 2 is 1.96 bits per heavy atom. The zero-order valence-electron chi connectivity index (χ0n) is 14.1. The largest absolute Gasteiger partial charge is 0.382 e. The molecule has 1 aromatic carbocycles. The summed E-state index contributed by atoms with van der Waals surface area (Å²) in [6, 6.07) is 4.58. The van der Waals surface area contributed by atoms with Crippen LogP contribution in [0.1, 0.15) is 24.3 Å². The standard InChI is InChI=1S/C17H20FN5O2/c1-10-8-23(9-11(2)25-10)14-4-3-12(7-13(14)18)22-17(24)15-16(19)21-6-5-20-15/h3-7,10-11H,8-9H2,1-2H3,(H2,19,21)(H,22,24)/t10-,11-/m1/s1. The summed E-state index contributed by atoms with van der Waals surface area (Å²) in [5, 5.41) is 2.58. The lowest BCUT2D eigenvalue weighted by molar-refractivity contribution is -0.00539. The van der Waals surface area contributed by atoms with Crippen molar-refractivity contribution in [1.82, 2.24) is 9.97 Å². The maximum Gasteiger partial charge on any atom is 0.278 e. The Labute approximate surface area is 145 Å². The number of halogens is 1. The predicted molar refractivity (Wildman–Crippen MR) is 93.0 cm³/mol. The van der Waals surface area contributed by atoms with Crippen molar-refractivity contribution in [1.29, 1.82) is 0 Å². The van der Waals surface area contributed by atoms with Crippen molar-refractivity contribution in [2.24, 2.45) is 0 Å². The molecule has 0 radical (unpaired) electrons. The van der Waals surface area contributed by atoms with E-state index in [1.165, 1.54) is 18.5 Å². The van der Waals surface area contributed by atoms with Crippen LogP contribution in [0.4, 0.5) is 21.6 Å². The molecular formula is C17H20FN5O2. The number of hydrogen-bond donors (Lipinski definition) is 2. The lowest BCUT2D eigenvalue weighted by Crippen LogP contribution is -2.45. The highest BCUT2D eigenvalue weighted by molar-refractivity contribution is 6.05. The number of amides is 1. The number of benzene rings is 1. The highest BCUT2D eigenvalue weighted by atomic mass is 19.1. The van der Waals surface area contributed by atoms with Crippen molar-refractivity contribution in [3.8, 4) is 0 Å². The molecule has 2 heterocycles. The summed E-state index contributed by atoms with van der Waals surface area (Å²) < 4.78 is 20.2. The van der Waals surface area contributed by atoms with Crippen molar-refractivity contribution in [2.45, 2.75) is 26.1 Å². The quantitative estimate of drug-likeness (QED) is 0.884. The second-order valence-electron chi connectivity index (χ2n) is 6.07. The molecule has 8 heteroatoms. The number of aromatic nitrogens is 2. The van der Waals surface area contributed by atoms with Crippen LogP contribution >= 0.6 is 0 Å². The van der Waals surface area contributed by atoms with E-state index in [1.807, 2.05) is 18.7 Å². The van der Waals surface area contributed by atoms with E-state index in [4.69, 9.17) is 10.5 Å². The van der Waals surface area contributed by atoms with E-state index in [0.29, 0.717) is 24.5 Å². The molecule has 1 aromatic heterocycles. The Morgan fingerprint density at radius 3 is 2.60 bits per heavy atom. The van der Waals surface area contributed by atoms with Crippen molar-refractivity contribution in [3.05, 3.63) is 42.1 Å². The zero-order valence-corrected chi connectivity index (χ0v) is 14.1.